The molecule has 3 heteroatoms. The number of aliphatic hydroxyl groups is 1. The van der Waals surface area contributed by atoms with Gasteiger partial charge in [-0.3, -0.25) is 0 Å². The van der Waals surface area contributed by atoms with Crippen LogP contribution in [0.2, 0.25) is 0 Å². The van der Waals surface area contributed by atoms with Crippen LogP contribution in [0.5, 0.6) is 0 Å². The molecule has 0 radical (unpaired) electrons. The standard InChI is InChI=1S/C7H16N2O/c1-6(10)7(9)4-2-3-5-8/h7,10H,1-5,8-9H2. The fraction of sp³-hybridized carbons (Fsp3) is 0.714. The molecule has 0 fully saturated rings. The van der Waals surface area contributed by atoms with Gasteiger partial charge in [0.2, 0.25) is 0 Å². The summed E-state index contributed by atoms with van der Waals surface area (Å²) >= 11 is 0. The molecular formula is C7H16N2O. The van der Waals surface area contributed by atoms with E-state index < -0.39 is 0 Å². The van der Waals surface area contributed by atoms with E-state index in [1.165, 1.54) is 0 Å². The van der Waals surface area contributed by atoms with Gasteiger partial charge in [-0.05, 0) is 19.4 Å². The molecule has 5 N–H and O–H groups in total. The number of nitrogens with two attached hydrogens (primary N) is 2. The van der Waals surface area contributed by atoms with E-state index >= 15 is 0 Å². The largest absolute Gasteiger partial charge is 0.511 e. The van der Waals surface area contributed by atoms with Crippen molar-refractivity contribution in [3.63, 3.8) is 0 Å². The lowest BCUT2D eigenvalue weighted by Gasteiger charge is -2.07. The maximum atomic E-state index is 8.77. The summed E-state index contributed by atoms with van der Waals surface area (Å²) in [6.45, 7) is 4.02. The van der Waals surface area contributed by atoms with Crippen molar-refractivity contribution in [1.29, 1.82) is 0 Å². The van der Waals surface area contributed by atoms with Crippen LogP contribution in [0.15, 0.2) is 12.3 Å². The molecule has 0 aliphatic heterocycles. The second-order valence-corrected chi connectivity index (χ2v) is 2.38. The first-order chi connectivity index (χ1) is 4.68. The van der Waals surface area contributed by atoms with Crippen LogP contribution >= 0.6 is 0 Å². The monoisotopic (exact) mass is 144 g/mol. The molecule has 1 atom stereocenters. The first-order valence-electron chi connectivity index (χ1n) is 3.52. The van der Waals surface area contributed by atoms with Crippen LogP contribution in [0.1, 0.15) is 19.3 Å². The molecule has 3 nitrogen and oxygen atoms in total. The van der Waals surface area contributed by atoms with Gasteiger partial charge >= 0.3 is 0 Å². The highest BCUT2D eigenvalue weighted by atomic mass is 16.3. The average molecular weight is 144 g/mol. The highest BCUT2D eigenvalue weighted by molar-refractivity contribution is 4.91. The van der Waals surface area contributed by atoms with Gasteiger partial charge in [0.05, 0.1) is 6.04 Å². The lowest BCUT2D eigenvalue weighted by atomic mass is 10.1. The Morgan fingerprint density at radius 1 is 1.50 bits per heavy atom. The van der Waals surface area contributed by atoms with Crippen LogP contribution in [-0.2, 0) is 0 Å². The average Bonchev–Trinajstić information content (AvgIpc) is 1.88. The number of unbranched alkanes of at least 4 members (excludes halogenated alkanes) is 1. The fourth-order valence-electron chi connectivity index (χ4n) is 0.675. The van der Waals surface area contributed by atoms with Crippen molar-refractivity contribution >= 4 is 0 Å². The van der Waals surface area contributed by atoms with Crippen molar-refractivity contribution in [1.82, 2.24) is 0 Å². The quantitative estimate of drug-likeness (QED) is 0.389. The van der Waals surface area contributed by atoms with Gasteiger partial charge in [0, 0.05) is 0 Å². The third kappa shape index (κ3) is 4.35. The Balaban J connectivity index is 3.21. The molecule has 0 aromatic heterocycles. The van der Waals surface area contributed by atoms with Crippen molar-refractivity contribution in [3.8, 4) is 0 Å². The second kappa shape index (κ2) is 5.26. The number of hydrogen-bond acceptors (Lipinski definition) is 3. The van der Waals surface area contributed by atoms with Crippen LogP contribution in [0.25, 0.3) is 0 Å². The molecule has 0 rings (SSSR count). The molecule has 0 amide bonds. The van der Waals surface area contributed by atoms with Gasteiger partial charge in [0.1, 0.15) is 5.76 Å². The van der Waals surface area contributed by atoms with Crippen LogP contribution in [0.4, 0.5) is 0 Å². The van der Waals surface area contributed by atoms with E-state index in [-0.39, 0.29) is 11.8 Å². The molecule has 0 aromatic rings. The minimum atomic E-state index is -0.272. The highest BCUT2D eigenvalue weighted by Gasteiger charge is 2.03. The van der Waals surface area contributed by atoms with E-state index in [1.807, 2.05) is 0 Å². The molecule has 0 heterocycles. The molecule has 0 spiro atoms. The van der Waals surface area contributed by atoms with Gasteiger partial charge in [-0.1, -0.05) is 13.0 Å². The first kappa shape index (κ1) is 9.46. The zero-order valence-corrected chi connectivity index (χ0v) is 6.21. The number of aliphatic hydroxyl groups excluding tert-OH is 1. The van der Waals surface area contributed by atoms with Crippen molar-refractivity contribution in [3.05, 3.63) is 12.3 Å². The van der Waals surface area contributed by atoms with Gasteiger partial charge in [-0.2, -0.15) is 0 Å². The zero-order valence-electron chi connectivity index (χ0n) is 6.21. The summed E-state index contributed by atoms with van der Waals surface area (Å²) in [7, 11) is 0. The number of rotatable bonds is 5. The zero-order chi connectivity index (χ0) is 7.98. The predicted octanol–water partition coefficient (Wildman–Crippen LogP) is 0.514. The van der Waals surface area contributed by atoms with Crippen molar-refractivity contribution < 1.29 is 5.11 Å². The Morgan fingerprint density at radius 3 is 2.50 bits per heavy atom. The van der Waals surface area contributed by atoms with Crippen molar-refractivity contribution in [2.24, 2.45) is 11.5 Å². The van der Waals surface area contributed by atoms with Crippen LogP contribution in [-0.4, -0.2) is 17.7 Å². The van der Waals surface area contributed by atoms with E-state index in [2.05, 4.69) is 6.58 Å². The molecule has 0 bridgehead atoms. The van der Waals surface area contributed by atoms with Gasteiger partial charge in [0.15, 0.2) is 0 Å². The second-order valence-electron chi connectivity index (χ2n) is 2.38. The molecule has 0 aliphatic carbocycles. The molecule has 0 saturated carbocycles. The normalized spacial score (nSPS) is 13.0. The summed E-state index contributed by atoms with van der Waals surface area (Å²) in [5.41, 5.74) is 10.7. The van der Waals surface area contributed by atoms with Gasteiger partial charge < -0.3 is 16.6 Å². The predicted molar refractivity (Wildman–Crippen MR) is 42.6 cm³/mol. The third-order valence-corrected chi connectivity index (χ3v) is 1.40. The smallest absolute Gasteiger partial charge is 0.102 e. The first-order valence-corrected chi connectivity index (χ1v) is 3.52. The van der Waals surface area contributed by atoms with Gasteiger partial charge in [0.25, 0.3) is 0 Å². The van der Waals surface area contributed by atoms with E-state index in [0.29, 0.717) is 6.54 Å². The Labute approximate surface area is 61.7 Å². The van der Waals surface area contributed by atoms with Gasteiger partial charge in [-0.15, -0.1) is 0 Å². The number of hydrogen-bond donors (Lipinski definition) is 3. The van der Waals surface area contributed by atoms with Crippen molar-refractivity contribution in [2.75, 3.05) is 6.54 Å². The molecular weight excluding hydrogens is 128 g/mol. The van der Waals surface area contributed by atoms with E-state index in [1.54, 1.807) is 0 Å². The summed E-state index contributed by atoms with van der Waals surface area (Å²) in [4.78, 5) is 0. The molecule has 0 aromatic carbocycles. The molecule has 1 unspecified atom stereocenters. The summed E-state index contributed by atoms with van der Waals surface area (Å²) in [6, 6.07) is -0.272. The van der Waals surface area contributed by atoms with E-state index in [9.17, 15) is 0 Å². The summed E-state index contributed by atoms with van der Waals surface area (Å²) in [5, 5.41) is 8.77. The van der Waals surface area contributed by atoms with Crippen LogP contribution in [0, 0.1) is 0 Å². The highest BCUT2D eigenvalue weighted by Crippen LogP contribution is 2.02. The summed E-state index contributed by atoms with van der Waals surface area (Å²) < 4.78 is 0. The lowest BCUT2D eigenvalue weighted by Crippen LogP contribution is -2.21. The van der Waals surface area contributed by atoms with Crippen LogP contribution < -0.4 is 11.5 Å². The van der Waals surface area contributed by atoms with E-state index in [0.717, 1.165) is 19.3 Å². The SMILES string of the molecule is C=C(O)C(N)CCCCN. The maximum Gasteiger partial charge on any atom is 0.102 e. The summed E-state index contributed by atoms with van der Waals surface area (Å²) in [5.74, 6) is 0.0667. The topological polar surface area (TPSA) is 72.3 Å². The summed E-state index contributed by atoms with van der Waals surface area (Å²) in [6.07, 6.45) is 2.69. The third-order valence-electron chi connectivity index (χ3n) is 1.40. The minimum absolute atomic E-state index is 0.0667. The molecule has 60 valence electrons. The molecule has 10 heavy (non-hydrogen) atoms. The Kier molecular flexibility index (Phi) is 4.98. The Morgan fingerprint density at radius 2 is 2.10 bits per heavy atom. The Bertz CT molecular complexity index is 104. The fourth-order valence-corrected chi connectivity index (χ4v) is 0.675. The molecule has 0 aliphatic rings. The van der Waals surface area contributed by atoms with Crippen molar-refractivity contribution in [2.45, 2.75) is 25.3 Å². The minimum Gasteiger partial charge on any atom is -0.511 e. The van der Waals surface area contributed by atoms with Gasteiger partial charge in [-0.25, -0.2) is 0 Å². The maximum absolute atomic E-state index is 8.77. The van der Waals surface area contributed by atoms with E-state index in [4.69, 9.17) is 16.6 Å². The molecule has 0 saturated heterocycles. The van der Waals surface area contributed by atoms with Crippen LogP contribution in [0.3, 0.4) is 0 Å². The lowest BCUT2D eigenvalue weighted by molar-refractivity contribution is 0.358. The Hall–Kier alpha value is -0.540.